The van der Waals surface area contributed by atoms with E-state index in [1.54, 1.807) is 14.2 Å². The van der Waals surface area contributed by atoms with Gasteiger partial charge in [0.05, 0.1) is 25.9 Å². The normalized spacial score (nSPS) is 14.4. The number of fused-ring (bicyclic) bond motifs is 1. The molecule has 1 aliphatic heterocycles. The number of nitrogens with one attached hydrogen (secondary N) is 1. The molecule has 0 bridgehead atoms. The van der Waals surface area contributed by atoms with Crippen LogP contribution in [-0.2, 0) is 6.54 Å². The third kappa shape index (κ3) is 5.09. The molecule has 0 amide bonds. The van der Waals surface area contributed by atoms with Crippen LogP contribution in [0.1, 0.15) is 24.0 Å². The van der Waals surface area contributed by atoms with Gasteiger partial charge >= 0.3 is 0 Å². The Labute approximate surface area is 211 Å². The van der Waals surface area contributed by atoms with Crippen molar-refractivity contribution in [2.24, 2.45) is 0 Å². The van der Waals surface area contributed by atoms with Crippen LogP contribution >= 0.6 is 0 Å². The van der Waals surface area contributed by atoms with E-state index in [1.807, 2.05) is 66.7 Å². The van der Waals surface area contributed by atoms with Gasteiger partial charge in [-0.15, -0.1) is 10.2 Å². The predicted octanol–water partition coefficient (Wildman–Crippen LogP) is 5.26. The highest BCUT2D eigenvalue weighted by molar-refractivity contribution is 6.00. The summed E-state index contributed by atoms with van der Waals surface area (Å²) in [6, 6.07) is 24.3. The number of likely N-dealkylation sites (tertiary alicyclic amines) is 1. The van der Waals surface area contributed by atoms with Gasteiger partial charge in [-0.25, -0.2) is 0 Å². The van der Waals surface area contributed by atoms with E-state index < -0.39 is 0 Å². The van der Waals surface area contributed by atoms with Crippen molar-refractivity contribution in [1.29, 1.82) is 5.26 Å². The first-order valence-corrected chi connectivity index (χ1v) is 12.1. The molecule has 1 fully saturated rings. The average molecular weight is 480 g/mol. The number of hydrogen-bond donors (Lipinski definition) is 1. The highest BCUT2D eigenvalue weighted by atomic mass is 16.5. The Hall–Kier alpha value is -4.15. The molecule has 3 aromatic carbocycles. The van der Waals surface area contributed by atoms with Crippen molar-refractivity contribution >= 4 is 16.6 Å². The largest absolute Gasteiger partial charge is 0.497 e. The first-order chi connectivity index (χ1) is 17.7. The molecule has 1 N–H and O–H groups in total. The van der Waals surface area contributed by atoms with Crippen molar-refractivity contribution in [2.75, 3.05) is 32.6 Å². The highest BCUT2D eigenvalue weighted by Gasteiger charge is 2.21. The summed E-state index contributed by atoms with van der Waals surface area (Å²) in [5.74, 6) is 2.38. The lowest BCUT2D eigenvalue weighted by atomic mass is 10.0. The van der Waals surface area contributed by atoms with Gasteiger partial charge in [-0.1, -0.05) is 12.1 Å². The maximum absolute atomic E-state index is 9.00. The molecule has 7 heteroatoms. The minimum Gasteiger partial charge on any atom is -0.497 e. The molecule has 36 heavy (non-hydrogen) atoms. The van der Waals surface area contributed by atoms with Crippen LogP contribution in [0, 0.1) is 11.3 Å². The lowest BCUT2D eigenvalue weighted by Gasteiger charge is -2.32. The SMILES string of the molecule is COc1ccc(-c2nnc(NC3CCN(Cc4ccc(C#N)cc4)CC3)c3cc(OC)ccc23)cc1. The summed E-state index contributed by atoms with van der Waals surface area (Å²) in [4.78, 5) is 2.46. The number of piperidine rings is 1. The molecule has 0 radical (unpaired) electrons. The minimum absolute atomic E-state index is 0.317. The molecule has 0 saturated carbocycles. The van der Waals surface area contributed by atoms with E-state index >= 15 is 0 Å². The monoisotopic (exact) mass is 479 g/mol. The van der Waals surface area contributed by atoms with Crippen molar-refractivity contribution in [3.8, 4) is 28.8 Å². The maximum atomic E-state index is 9.00. The Kier molecular flexibility index (Phi) is 6.96. The van der Waals surface area contributed by atoms with Crippen molar-refractivity contribution in [2.45, 2.75) is 25.4 Å². The number of ether oxygens (including phenoxy) is 2. The minimum atomic E-state index is 0.317. The summed E-state index contributed by atoms with van der Waals surface area (Å²) < 4.78 is 10.8. The summed E-state index contributed by atoms with van der Waals surface area (Å²) >= 11 is 0. The summed E-state index contributed by atoms with van der Waals surface area (Å²) in [7, 11) is 3.34. The Bertz CT molecular complexity index is 1370. The number of aromatic nitrogens is 2. The van der Waals surface area contributed by atoms with E-state index in [4.69, 9.17) is 14.7 Å². The van der Waals surface area contributed by atoms with Gasteiger partial charge in [0, 0.05) is 42.0 Å². The number of methoxy groups -OCH3 is 2. The molecule has 4 aromatic rings. The van der Waals surface area contributed by atoms with E-state index in [9.17, 15) is 0 Å². The zero-order valence-corrected chi connectivity index (χ0v) is 20.6. The van der Waals surface area contributed by atoms with Gasteiger partial charge in [0.1, 0.15) is 17.2 Å². The van der Waals surface area contributed by atoms with E-state index in [0.717, 1.165) is 71.8 Å². The third-order valence-electron chi connectivity index (χ3n) is 6.77. The van der Waals surface area contributed by atoms with Gasteiger partial charge in [-0.05, 0) is 73.0 Å². The van der Waals surface area contributed by atoms with Gasteiger partial charge < -0.3 is 14.8 Å². The number of rotatable bonds is 7. The van der Waals surface area contributed by atoms with E-state index in [0.29, 0.717) is 11.6 Å². The molecule has 0 aliphatic carbocycles. The average Bonchev–Trinajstić information content (AvgIpc) is 2.94. The maximum Gasteiger partial charge on any atom is 0.156 e. The van der Waals surface area contributed by atoms with Crippen LogP contribution in [0.25, 0.3) is 22.0 Å². The summed E-state index contributed by atoms with van der Waals surface area (Å²) in [5.41, 5.74) is 3.75. The van der Waals surface area contributed by atoms with Gasteiger partial charge in [-0.3, -0.25) is 4.90 Å². The topological polar surface area (TPSA) is 83.3 Å². The zero-order valence-electron chi connectivity index (χ0n) is 20.6. The number of anilines is 1. The molecular formula is C29H29N5O2. The Morgan fingerprint density at radius 3 is 2.25 bits per heavy atom. The Morgan fingerprint density at radius 1 is 0.889 bits per heavy atom. The van der Waals surface area contributed by atoms with Gasteiger partial charge in [0.15, 0.2) is 5.82 Å². The molecule has 1 saturated heterocycles. The first-order valence-electron chi connectivity index (χ1n) is 12.1. The quantitative estimate of drug-likeness (QED) is 0.387. The zero-order chi connectivity index (χ0) is 24.9. The summed E-state index contributed by atoms with van der Waals surface area (Å²) in [6.07, 6.45) is 2.04. The fourth-order valence-corrected chi connectivity index (χ4v) is 4.70. The lowest BCUT2D eigenvalue weighted by molar-refractivity contribution is 0.211. The standard InChI is InChI=1S/C29H29N5O2/c1-35-24-9-7-22(8-10-24)28-26-12-11-25(36-2)17-27(26)29(33-32-28)31-23-13-15-34(16-14-23)19-21-5-3-20(18-30)4-6-21/h3-12,17,23H,13-16,19H2,1-2H3,(H,31,33). The van der Waals surface area contributed by atoms with Crippen molar-refractivity contribution in [1.82, 2.24) is 15.1 Å². The molecule has 2 heterocycles. The fraction of sp³-hybridized carbons (Fsp3) is 0.276. The summed E-state index contributed by atoms with van der Waals surface area (Å²) in [6.45, 7) is 2.89. The smallest absolute Gasteiger partial charge is 0.156 e. The van der Waals surface area contributed by atoms with Crippen molar-refractivity contribution in [3.05, 3.63) is 77.9 Å². The van der Waals surface area contributed by atoms with Crippen LogP contribution in [0.2, 0.25) is 0 Å². The predicted molar refractivity (Wildman–Crippen MR) is 141 cm³/mol. The fourth-order valence-electron chi connectivity index (χ4n) is 4.70. The van der Waals surface area contributed by atoms with Crippen molar-refractivity contribution < 1.29 is 9.47 Å². The molecule has 7 nitrogen and oxygen atoms in total. The van der Waals surface area contributed by atoms with Gasteiger partial charge in [0.2, 0.25) is 0 Å². The molecule has 182 valence electrons. The number of nitriles is 1. The Morgan fingerprint density at radius 2 is 1.58 bits per heavy atom. The van der Waals surface area contributed by atoms with Crippen molar-refractivity contribution in [3.63, 3.8) is 0 Å². The lowest BCUT2D eigenvalue weighted by Crippen LogP contribution is -2.38. The van der Waals surface area contributed by atoms with Crippen LogP contribution in [0.15, 0.2) is 66.7 Å². The molecule has 1 aromatic heterocycles. The van der Waals surface area contributed by atoms with E-state index in [1.165, 1.54) is 5.56 Å². The van der Waals surface area contributed by atoms with Crippen LogP contribution < -0.4 is 14.8 Å². The second-order valence-corrected chi connectivity index (χ2v) is 9.04. The first kappa shape index (κ1) is 23.6. The number of hydrogen-bond acceptors (Lipinski definition) is 7. The van der Waals surface area contributed by atoms with E-state index in [2.05, 4.69) is 26.5 Å². The van der Waals surface area contributed by atoms with Crippen LogP contribution in [0.3, 0.4) is 0 Å². The molecule has 1 aliphatic rings. The third-order valence-corrected chi connectivity index (χ3v) is 6.77. The molecular weight excluding hydrogens is 450 g/mol. The number of benzene rings is 3. The summed E-state index contributed by atoms with van der Waals surface area (Å²) in [5, 5.41) is 23.9. The molecule has 0 spiro atoms. The molecule has 0 unspecified atom stereocenters. The van der Waals surface area contributed by atoms with E-state index in [-0.39, 0.29) is 0 Å². The van der Waals surface area contributed by atoms with Gasteiger partial charge in [-0.2, -0.15) is 5.26 Å². The second kappa shape index (κ2) is 10.6. The number of nitrogens with zero attached hydrogens (tertiary/aromatic N) is 4. The molecule has 0 atom stereocenters. The van der Waals surface area contributed by atoms with Gasteiger partial charge in [0.25, 0.3) is 0 Å². The molecule has 5 rings (SSSR count). The highest BCUT2D eigenvalue weighted by Crippen LogP contribution is 2.34. The van der Waals surface area contributed by atoms with Crippen LogP contribution in [-0.4, -0.2) is 48.4 Å². The Balaban J connectivity index is 1.32. The second-order valence-electron chi connectivity index (χ2n) is 9.04. The van der Waals surface area contributed by atoms with Crippen LogP contribution in [0.5, 0.6) is 11.5 Å². The van der Waals surface area contributed by atoms with Crippen LogP contribution in [0.4, 0.5) is 5.82 Å².